The van der Waals surface area contributed by atoms with Crippen molar-refractivity contribution in [3.05, 3.63) is 54.5 Å². The predicted molar refractivity (Wildman–Crippen MR) is 83.1 cm³/mol. The molecule has 0 atom stereocenters. The summed E-state index contributed by atoms with van der Waals surface area (Å²) in [6, 6.07) is 14.0. The van der Waals surface area contributed by atoms with Crippen molar-refractivity contribution in [2.75, 3.05) is 11.9 Å². The highest BCUT2D eigenvalue weighted by Crippen LogP contribution is 2.22. The normalized spacial score (nSPS) is 11.3. The second kappa shape index (κ2) is 6.06. The topological polar surface area (TPSA) is 70.3 Å². The molecule has 0 radical (unpaired) electrons. The molecule has 0 bridgehead atoms. The van der Waals surface area contributed by atoms with Gasteiger partial charge in [-0.1, -0.05) is 48.6 Å². The second-order valence-corrected chi connectivity index (χ2v) is 4.47. The molecule has 0 fully saturated rings. The van der Waals surface area contributed by atoms with Gasteiger partial charge in [0, 0.05) is 11.1 Å². The van der Waals surface area contributed by atoms with Gasteiger partial charge in [-0.25, -0.2) is 0 Å². The average Bonchev–Trinajstić information content (AvgIpc) is 2.45. The van der Waals surface area contributed by atoms with Crippen LogP contribution in [0.4, 0.5) is 5.69 Å². The van der Waals surface area contributed by atoms with Crippen molar-refractivity contribution in [3.63, 3.8) is 0 Å². The number of benzene rings is 2. The molecule has 19 heavy (non-hydrogen) atoms. The van der Waals surface area contributed by atoms with E-state index in [1.807, 2.05) is 42.5 Å². The average molecular weight is 273 g/mol. The van der Waals surface area contributed by atoms with Crippen molar-refractivity contribution in [3.8, 4) is 0 Å². The van der Waals surface area contributed by atoms with Crippen molar-refractivity contribution in [2.24, 2.45) is 5.73 Å². The molecule has 5 heteroatoms. The zero-order chi connectivity index (χ0) is 13.7. The lowest BCUT2D eigenvalue weighted by atomic mass is 10.1. The first-order valence-electron chi connectivity index (χ1n) is 5.83. The summed E-state index contributed by atoms with van der Waals surface area (Å²) in [5.74, 6) is -0.0953. The zero-order valence-electron chi connectivity index (χ0n) is 10.3. The van der Waals surface area contributed by atoms with E-state index >= 15 is 0 Å². The molecular formula is C14H15N3OS. The molecule has 0 aliphatic heterocycles. The van der Waals surface area contributed by atoms with E-state index in [2.05, 4.69) is 10.6 Å². The molecule has 0 saturated heterocycles. The number of fused-ring (bicyclic) bond motifs is 1. The van der Waals surface area contributed by atoms with Crippen LogP contribution in [0.15, 0.2) is 54.5 Å². The van der Waals surface area contributed by atoms with Gasteiger partial charge in [-0.05, 0) is 11.5 Å². The summed E-state index contributed by atoms with van der Waals surface area (Å²) in [5, 5.41) is 17.3. The van der Waals surface area contributed by atoms with Crippen LogP contribution in [0.3, 0.4) is 0 Å². The number of hydrogen-bond donors (Lipinski definition) is 4. The van der Waals surface area contributed by atoms with Crippen molar-refractivity contribution < 1.29 is 5.11 Å². The minimum Gasteiger partial charge on any atom is -0.494 e. The molecule has 0 aliphatic carbocycles. The van der Waals surface area contributed by atoms with Crippen LogP contribution >= 0.6 is 12.2 Å². The molecule has 0 aromatic heterocycles. The molecule has 2 aromatic carbocycles. The number of aliphatic hydroxyl groups excluding tert-OH is 1. The molecule has 0 heterocycles. The largest absolute Gasteiger partial charge is 0.494 e. The Morgan fingerprint density at radius 3 is 2.74 bits per heavy atom. The van der Waals surface area contributed by atoms with Crippen molar-refractivity contribution in [2.45, 2.75) is 0 Å². The zero-order valence-corrected chi connectivity index (χ0v) is 11.1. The monoisotopic (exact) mass is 273 g/mol. The Morgan fingerprint density at radius 1 is 1.21 bits per heavy atom. The molecule has 0 aliphatic rings. The molecule has 98 valence electrons. The third-order valence-electron chi connectivity index (χ3n) is 2.65. The van der Waals surface area contributed by atoms with E-state index in [9.17, 15) is 5.11 Å². The van der Waals surface area contributed by atoms with E-state index in [0.717, 1.165) is 22.7 Å². The second-order valence-electron chi connectivity index (χ2n) is 3.98. The minimum absolute atomic E-state index is 0.0953. The molecular weight excluding hydrogens is 258 g/mol. The summed E-state index contributed by atoms with van der Waals surface area (Å²) < 4.78 is 0. The van der Waals surface area contributed by atoms with Gasteiger partial charge < -0.3 is 21.5 Å². The lowest BCUT2D eigenvalue weighted by Gasteiger charge is -2.11. The number of nitrogens with one attached hydrogen (secondary N) is 2. The smallest absolute Gasteiger partial charge is 0.200 e. The van der Waals surface area contributed by atoms with Crippen LogP contribution < -0.4 is 16.4 Å². The van der Waals surface area contributed by atoms with Crippen LogP contribution in [0.25, 0.3) is 10.8 Å². The van der Waals surface area contributed by atoms with Gasteiger partial charge >= 0.3 is 0 Å². The third-order valence-corrected chi connectivity index (χ3v) is 2.90. The molecule has 0 amide bonds. The fourth-order valence-electron chi connectivity index (χ4n) is 1.76. The van der Waals surface area contributed by atoms with Crippen molar-refractivity contribution in [1.29, 1.82) is 0 Å². The van der Waals surface area contributed by atoms with Gasteiger partial charge in [0.25, 0.3) is 0 Å². The van der Waals surface area contributed by atoms with Crippen molar-refractivity contribution in [1.82, 2.24) is 5.32 Å². The number of thiocarbonyl (C=S) groups is 1. The maximum Gasteiger partial charge on any atom is 0.200 e. The number of hydrogen-bond acceptors (Lipinski definition) is 4. The molecule has 4 nitrogen and oxygen atoms in total. The molecule has 2 aromatic rings. The number of nitrogens with two attached hydrogens (primary N) is 1. The van der Waals surface area contributed by atoms with Crippen molar-refractivity contribution >= 4 is 33.7 Å². The Kier molecular flexibility index (Phi) is 4.20. The summed E-state index contributed by atoms with van der Waals surface area (Å²) in [7, 11) is 0. The third kappa shape index (κ3) is 3.35. The predicted octanol–water partition coefficient (Wildman–Crippen LogP) is 2.48. The summed E-state index contributed by atoms with van der Waals surface area (Å²) in [6.45, 7) is 0.318. The van der Waals surface area contributed by atoms with E-state index in [0.29, 0.717) is 11.5 Å². The van der Waals surface area contributed by atoms with Crippen LogP contribution in [0.1, 0.15) is 0 Å². The van der Waals surface area contributed by atoms with Gasteiger partial charge in [-0.3, -0.25) is 0 Å². The fourth-order valence-corrected chi connectivity index (χ4v) is 1.94. The van der Waals surface area contributed by atoms with E-state index in [4.69, 9.17) is 18.0 Å². The minimum atomic E-state index is -0.0953. The first kappa shape index (κ1) is 13.2. The van der Waals surface area contributed by atoms with Gasteiger partial charge in [-0.2, -0.15) is 0 Å². The summed E-state index contributed by atoms with van der Waals surface area (Å²) in [4.78, 5) is 0.574. The van der Waals surface area contributed by atoms with Gasteiger partial charge in [0.05, 0.1) is 17.7 Å². The Balaban J connectivity index is 2.11. The standard InChI is InChI=1S/C14H15N3OS/c15-8-13(18)16-9-14(19)17-12-7-3-5-10-4-1-2-6-11(10)12/h1-8,16,18H,9,15H2,(H,17,19)/b13-8-. The van der Waals surface area contributed by atoms with Gasteiger partial charge in [0.15, 0.2) is 0 Å². The van der Waals surface area contributed by atoms with E-state index < -0.39 is 0 Å². The highest BCUT2D eigenvalue weighted by molar-refractivity contribution is 7.80. The fraction of sp³-hybridized carbons (Fsp3) is 0.0714. The Labute approximate surface area is 116 Å². The summed E-state index contributed by atoms with van der Waals surface area (Å²) >= 11 is 5.21. The SMILES string of the molecule is N/C=C(\O)NCC(=S)Nc1cccc2ccccc12. The maximum atomic E-state index is 9.18. The Morgan fingerprint density at radius 2 is 1.95 bits per heavy atom. The lowest BCUT2D eigenvalue weighted by Crippen LogP contribution is -2.26. The quantitative estimate of drug-likeness (QED) is 0.509. The van der Waals surface area contributed by atoms with Gasteiger partial charge in [0.1, 0.15) is 0 Å². The molecule has 5 N–H and O–H groups in total. The van der Waals surface area contributed by atoms with Gasteiger partial charge in [0.2, 0.25) is 5.88 Å². The maximum absolute atomic E-state index is 9.18. The molecule has 2 rings (SSSR count). The van der Waals surface area contributed by atoms with Crippen LogP contribution in [0.2, 0.25) is 0 Å². The Bertz CT molecular complexity index is 620. The van der Waals surface area contributed by atoms with E-state index in [-0.39, 0.29) is 5.88 Å². The number of rotatable bonds is 4. The lowest BCUT2D eigenvalue weighted by molar-refractivity contribution is 0.370. The van der Waals surface area contributed by atoms with Crippen LogP contribution in [-0.2, 0) is 0 Å². The van der Waals surface area contributed by atoms with E-state index in [1.165, 1.54) is 0 Å². The Hall–Kier alpha value is -2.27. The van der Waals surface area contributed by atoms with E-state index in [1.54, 1.807) is 0 Å². The van der Waals surface area contributed by atoms with Crippen LogP contribution in [0, 0.1) is 0 Å². The highest BCUT2D eigenvalue weighted by atomic mass is 32.1. The van der Waals surface area contributed by atoms with Crippen LogP contribution in [0.5, 0.6) is 0 Å². The van der Waals surface area contributed by atoms with Gasteiger partial charge in [-0.15, -0.1) is 0 Å². The first-order valence-corrected chi connectivity index (χ1v) is 6.24. The number of anilines is 1. The first-order chi connectivity index (χ1) is 9.20. The molecule has 0 unspecified atom stereocenters. The van der Waals surface area contributed by atoms with Crippen LogP contribution in [-0.4, -0.2) is 16.6 Å². The highest BCUT2D eigenvalue weighted by Gasteiger charge is 2.02. The number of aliphatic hydroxyl groups is 1. The molecule has 0 saturated carbocycles. The summed E-state index contributed by atoms with van der Waals surface area (Å²) in [5.41, 5.74) is 6.09. The summed E-state index contributed by atoms with van der Waals surface area (Å²) in [6.07, 6.45) is 1.08. The molecule has 0 spiro atoms.